The number of benzene rings is 1. The highest BCUT2D eigenvalue weighted by Crippen LogP contribution is 2.39. The van der Waals surface area contributed by atoms with Crippen LogP contribution in [0.5, 0.6) is 5.75 Å². The van der Waals surface area contributed by atoms with Crippen LogP contribution in [-0.2, 0) is 19.5 Å². The van der Waals surface area contributed by atoms with Crippen molar-refractivity contribution >= 4 is 23.4 Å². The Hall–Kier alpha value is -2.84. The number of nitrogens with zero attached hydrogens (tertiary/aromatic N) is 5. The largest absolute Gasteiger partial charge is 0.497 e. The summed E-state index contributed by atoms with van der Waals surface area (Å²) in [5.41, 5.74) is 11.1. The standard InChI is InChI=1S/C22H27ClN6O2/c1-4-18-13(2)17(27-29(18)9-14-5-7-16(31-3)8-6-14)11-28-10-15(12-30)19-20(23)25-22(24)26-21(19)28/h5-8,15,30H,4,9-12H2,1-3H3,(H2,24,25,26). The van der Waals surface area contributed by atoms with Gasteiger partial charge in [0.25, 0.3) is 0 Å². The van der Waals surface area contributed by atoms with E-state index in [0.29, 0.717) is 30.6 Å². The van der Waals surface area contributed by atoms with Gasteiger partial charge in [0.1, 0.15) is 16.7 Å². The van der Waals surface area contributed by atoms with Gasteiger partial charge in [0.15, 0.2) is 0 Å². The van der Waals surface area contributed by atoms with E-state index in [4.69, 9.17) is 27.2 Å². The molecule has 0 amide bonds. The van der Waals surface area contributed by atoms with Crippen molar-refractivity contribution in [2.75, 3.05) is 30.9 Å². The molecule has 1 unspecified atom stereocenters. The van der Waals surface area contributed by atoms with Crippen LogP contribution in [0.25, 0.3) is 0 Å². The quantitative estimate of drug-likeness (QED) is 0.542. The van der Waals surface area contributed by atoms with Gasteiger partial charge in [-0.05, 0) is 36.6 Å². The molecule has 0 bridgehead atoms. The molecule has 8 nitrogen and oxygen atoms in total. The fourth-order valence-corrected chi connectivity index (χ4v) is 4.55. The maximum Gasteiger partial charge on any atom is 0.223 e. The number of methoxy groups -OCH3 is 1. The smallest absolute Gasteiger partial charge is 0.223 e. The number of anilines is 2. The molecule has 0 fully saturated rings. The molecule has 0 spiro atoms. The minimum atomic E-state index is -0.143. The molecule has 0 aliphatic carbocycles. The van der Waals surface area contributed by atoms with Crippen LogP contribution >= 0.6 is 11.6 Å². The first-order valence-electron chi connectivity index (χ1n) is 10.3. The van der Waals surface area contributed by atoms with E-state index in [2.05, 4.69) is 45.5 Å². The summed E-state index contributed by atoms with van der Waals surface area (Å²) in [6.07, 6.45) is 0.881. The molecule has 1 aliphatic rings. The zero-order valence-corrected chi connectivity index (χ0v) is 18.7. The van der Waals surface area contributed by atoms with E-state index in [1.807, 2.05) is 12.1 Å². The van der Waals surface area contributed by atoms with E-state index >= 15 is 0 Å². The van der Waals surface area contributed by atoms with Crippen molar-refractivity contribution in [1.82, 2.24) is 19.7 Å². The predicted octanol–water partition coefficient (Wildman–Crippen LogP) is 2.93. The first-order chi connectivity index (χ1) is 14.9. The summed E-state index contributed by atoms with van der Waals surface area (Å²) in [6.45, 7) is 6.06. The Morgan fingerprint density at radius 2 is 1.97 bits per heavy atom. The lowest BCUT2D eigenvalue weighted by Crippen LogP contribution is -2.23. The second-order valence-corrected chi connectivity index (χ2v) is 8.11. The summed E-state index contributed by atoms with van der Waals surface area (Å²) in [7, 11) is 1.66. The van der Waals surface area contributed by atoms with Crippen molar-refractivity contribution < 1.29 is 9.84 Å². The summed E-state index contributed by atoms with van der Waals surface area (Å²) in [5, 5.41) is 15.1. The Bertz CT molecular complexity index is 1080. The van der Waals surface area contributed by atoms with E-state index in [9.17, 15) is 5.11 Å². The highest BCUT2D eigenvalue weighted by molar-refractivity contribution is 6.30. The Morgan fingerprint density at radius 3 is 2.61 bits per heavy atom. The molecule has 164 valence electrons. The van der Waals surface area contributed by atoms with Gasteiger partial charge in [0.2, 0.25) is 5.95 Å². The van der Waals surface area contributed by atoms with Crippen LogP contribution in [0.15, 0.2) is 24.3 Å². The molecular weight excluding hydrogens is 416 g/mol. The first kappa shape index (κ1) is 21.4. The van der Waals surface area contributed by atoms with E-state index in [1.54, 1.807) is 7.11 Å². The summed E-state index contributed by atoms with van der Waals surface area (Å²) >= 11 is 6.31. The number of nitrogens with two attached hydrogens (primary N) is 1. The summed E-state index contributed by atoms with van der Waals surface area (Å²) in [6, 6.07) is 8.03. The molecule has 3 aromatic rings. The van der Waals surface area contributed by atoms with Gasteiger partial charge in [0, 0.05) is 23.7 Å². The fourth-order valence-electron chi connectivity index (χ4n) is 4.23. The number of rotatable bonds is 7. The molecule has 9 heteroatoms. The minimum Gasteiger partial charge on any atom is -0.497 e. The lowest BCUT2D eigenvalue weighted by molar-refractivity contribution is 0.270. The normalized spacial score (nSPS) is 15.4. The van der Waals surface area contributed by atoms with Crippen molar-refractivity contribution in [2.24, 2.45) is 0 Å². The second kappa shape index (κ2) is 8.72. The van der Waals surface area contributed by atoms with Gasteiger partial charge in [-0.1, -0.05) is 30.7 Å². The Morgan fingerprint density at radius 1 is 1.23 bits per heavy atom. The van der Waals surface area contributed by atoms with Gasteiger partial charge in [-0.15, -0.1) is 0 Å². The number of aromatic nitrogens is 4. The molecule has 0 saturated carbocycles. The summed E-state index contributed by atoms with van der Waals surface area (Å²) in [4.78, 5) is 10.5. The van der Waals surface area contributed by atoms with Crippen LogP contribution in [0.4, 0.5) is 11.8 Å². The molecule has 31 heavy (non-hydrogen) atoms. The van der Waals surface area contributed by atoms with Crippen molar-refractivity contribution in [3.63, 3.8) is 0 Å². The monoisotopic (exact) mass is 442 g/mol. The van der Waals surface area contributed by atoms with Gasteiger partial charge >= 0.3 is 0 Å². The molecule has 0 saturated heterocycles. The van der Waals surface area contributed by atoms with Crippen LogP contribution < -0.4 is 15.4 Å². The number of aliphatic hydroxyl groups is 1. The van der Waals surface area contributed by atoms with E-state index in [-0.39, 0.29) is 18.5 Å². The minimum absolute atomic E-state index is 0.0262. The Balaban J connectivity index is 1.63. The number of ether oxygens (including phenoxy) is 1. The topological polar surface area (TPSA) is 102 Å². The summed E-state index contributed by atoms with van der Waals surface area (Å²) in [5.74, 6) is 1.50. The highest BCUT2D eigenvalue weighted by atomic mass is 35.5. The van der Waals surface area contributed by atoms with Crippen molar-refractivity contribution in [3.8, 4) is 5.75 Å². The molecule has 3 heterocycles. The molecule has 3 N–H and O–H groups in total. The van der Waals surface area contributed by atoms with Gasteiger partial charge in [-0.25, -0.2) is 4.98 Å². The molecule has 1 atom stereocenters. The Labute approximate surface area is 186 Å². The molecule has 2 aromatic heterocycles. The number of fused-ring (bicyclic) bond motifs is 1. The fraction of sp³-hybridized carbons (Fsp3) is 0.409. The van der Waals surface area contributed by atoms with Crippen molar-refractivity contribution in [2.45, 2.75) is 39.3 Å². The van der Waals surface area contributed by atoms with Crippen molar-refractivity contribution in [3.05, 3.63) is 57.5 Å². The maximum atomic E-state index is 9.83. The number of aliphatic hydroxyl groups excluding tert-OH is 1. The zero-order chi connectivity index (χ0) is 22.1. The summed E-state index contributed by atoms with van der Waals surface area (Å²) < 4.78 is 7.31. The molecular formula is C22H27ClN6O2. The van der Waals surface area contributed by atoms with Crippen LogP contribution in [0.1, 0.15) is 40.9 Å². The van der Waals surface area contributed by atoms with Crippen molar-refractivity contribution in [1.29, 1.82) is 0 Å². The third-order valence-corrected chi connectivity index (χ3v) is 6.14. The number of nitrogen functional groups attached to an aromatic ring is 1. The predicted molar refractivity (Wildman–Crippen MR) is 121 cm³/mol. The third kappa shape index (κ3) is 4.05. The molecule has 1 aromatic carbocycles. The van der Waals surface area contributed by atoms with Crippen LogP contribution in [0.2, 0.25) is 5.15 Å². The average Bonchev–Trinajstić information content (AvgIpc) is 3.25. The van der Waals surface area contributed by atoms with Gasteiger partial charge in [0.05, 0.1) is 32.5 Å². The number of hydrogen-bond acceptors (Lipinski definition) is 7. The maximum absolute atomic E-state index is 9.83. The first-order valence-corrected chi connectivity index (χ1v) is 10.7. The number of hydrogen-bond donors (Lipinski definition) is 2. The highest BCUT2D eigenvalue weighted by Gasteiger charge is 2.34. The second-order valence-electron chi connectivity index (χ2n) is 7.75. The van der Waals surface area contributed by atoms with Gasteiger partial charge in [-0.2, -0.15) is 10.1 Å². The van der Waals surface area contributed by atoms with E-state index < -0.39 is 0 Å². The van der Waals surface area contributed by atoms with Gasteiger partial charge < -0.3 is 20.5 Å². The SMILES string of the molecule is CCc1c(C)c(CN2CC(CO)c3c(Cl)nc(N)nc32)nn1Cc1ccc(OC)cc1. The molecule has 4 rings (SSSR count). The lowest BCUT2D eigenvalue weighted by Gasteiger charge is -2.18. The molecule has 1 aliphatic heterocycles. The average molecular weight is 443 g/mol. The van der Waals surface area contributed by atoms with E-state index in [1.165, 1.54) is 5.69 Å². The van der Waals surface area contributed by atoms with Gasteiger partial charge in [-0.3, -0.25) is 4.68 Å². The zero-order valence-electron chi connectivity index (χ0n) is 18.0. The third-order valence-electron chi connectivity index (χ3n) is 5.85. The Kier molecular flexibility index (Phi) is 6.02. The van der Waals surface area contributed by atoms with Crippen LogP contribution in [0, 0.1) is 6.92 Å². The van der Waals surface area contributed by atoms with Crippen LogP contribution in [0.3, 0.4) is 0 Å². The molecule has 0 radical (unpaired) electrons. The lowest BCUT2D eigenvalue weighted by atomic mass is 10.1. The van der Waals surface area contributed by atoms with Crippen LogP contribution in [-0.4, -0.2) is 45.1 Å². The van der Waals surface area contributed by atoms with E-state index in [0.717, 1.165) is 34.6 Å². The number of halogens is 1.